The molecule has 0 fully saturated rings. The molecule has 5 N–H and O–H groups in total. The van der Waals surface area contributed by atoms with Crippen molar-refractivity contribution in [1.29, 1.82) is 0 Å². The topological polar surface area (TPSA) is 148 Å². The minimum absolute atomic E-state index is 0.0384. The van der Waals surface area contributed by atoms with E-state index in [1.165, 1.54) is 30.5 Å². The van der Waals surface area contributed by atoms with Crippen LogP contribution < -0.4 is 26.9 Å². The first-order chi connectivity index (χ1) is 13.7. The molecule has 29 heavy (non-hydrogen) atoms. The van der Waals surface area contributed by atoms with Gasteiger partial charge in [0.2, 0.25) is 10.0 Å². The lowest BCUT2D eigenvalue weighted by Gasteiger charge is -2.12. The number of aromatic nitrogens is 2. The number of anilines is 1. The molecule has 1 amide bonds. The molecular weight excluding hydrogens is 416 g/mol. The zero-order valence-corrected chi connectivity index (χ0v) is 16.5. The number of nitrogens with zero attached hydrogens (tertiary/aromatic N) is 2. The molecule has 0 saturated carbocycles. The van der Waals surface area contributed by atoms with Crippen molar-refractivity contribution in [1.82, 2.24) is 20.6 Å². The molecule has 0 spiro atoms. The molecule has 0 aliphatic rings. The molecule has 10 nitrogen and oxygen atoms in total. The van der Waals surface area contributed by atoms with Gasteiger partial charge in [0.1, 0.15) is 6.54 Å². The van der Waals surface area contributed by atoms with Crippen LogP contribution in [0.2, 0.25) is 0 Å². The monoisotopic (exact) mass is 432 g/mol. The Morgan fingerprint density at radius 3 is 2.48 bits per heavy atom. The third kappa shape index (κ3) is 5.13. The van der Waals surface area contributed by atoms with Crippen molar-refractivity contribution < 1.29 is 13.2 Å². The summed E-state index contributed by atoms with van der Waals surface area (Å²) in [7, 11) is -3.78. The third-order valence-electron chi connectivity index (χ3n) is 3.81. The van der Waals surface area contributed by atoms with Crippen LogP contribution in [0.15, 0.2) is 64.4 Å². The first kappa shape index (κ1) is 20.4. The number of benzene rings is 2. The second-order valence-corrected chi connectivity index (χ2v) is 7.86. The van der Waals surface area contributed by atoms with Gasteiger partial charge in [0.15, 0.2) is 5.11 Å². The quantitative estimate of drug-likeness (QED) is 0.334. The van der Waals surface area contributed by atoms with E-state index in [4.69, 9.17) is 17.4 Å². The van der Waals surface area contributed by atoms with Crippen LogP contribution in [0, 0.1) is 0 Å². The van der Waals surface area contributed by atoms with Gasteiger partial charge in [-0.05, 0) is 42.5 Å². The Kier molecular flexibility index (Phi) is 5.87. The third-order valence-corrected chi connectivity index (χ3v) is 4.94. The van der Waals surface area contributed by atoms with Gasteiger partial charge in [-0.2, -0.15) is 5.10 Å². The van der Waals surface area contributed by atoms with Crippen LogP contribution in [-0.2, 0) is 21.4 Å². The van der Waals surface area contributed by atoms with Gasteiger partial charge in [-0.15, -0.1) is 0 Å². The van der Waals surface area contributed by atoms with Crippen LogP contribution in [0.4, 0.5) is 5.69 Å². The number of hydrogen-bond donors (Lipinski definition) is 4. The van der Waals surface area contributed by atoms with E-state index in [1.807, 2.05) is 0 Å². The fourth-order valence-electron chi connectivity index (χ4n) is 2.43. The van der Waals surface area contributed by atoms with Gasteiger partial charge in [-0.3, -0.25) is 20.4 Å². The van der Waals surface area contributed by atoms with Gasteiger partial charge < -0.3 is 5.32 Å². The Bertz CT molecular complexity index is 1240. The van der Waals surface area contributed by atoms with E-state index in [1.54, 1.807) is 24.3 Å². The minimum Gasteiger partial charge on any atom is -0.331 e. The summed E-state index contributed by atoms with van der Waals surface area (Å²) >= 11 is 5.05. The van der Waals surface area contributed by atoms with E-state index in [-0.39, 0.29) is 22.1 Å². The number of rotatable bonds is 4. The van der Waals surface area contributed by atoms with E-state index in [0.29, 0.717) is 16.5 Å². The van der Waals surface area contributed by atoms with E-state index in [2.05, 4.69) is 21.3 Å². The van der Waals surface area contributed by atoms with Crippen LogP contribution in [0.5, 0.6) is 0 Å². The summed E-state index contributed by atoms with van der Waals surface area (Å²) in [6, 6.07) is 12.5. The number of nitrogens with one attached hydrogen (secondary N) is 3. The molecule has 1 aromatic heterocycles. The Labute approximate surface area is 170 Å². The molecule has 3 aromatic rings. The summed E-state index contributed by atoms with van der Waals surface area (Å²) < 4.78 is 23.5. The predicted octanol–water partition coefficient (Wildman–Crippen LogP) is 0.0617. The van der Waals surface area contributed by atoms with Gasteiger partial charge in [0.05, 0.1) is 16.5 Å². The summed E-state index contributed by atoms with van der Waals surface area (Å²) in [5.41, 5.74) is 4.94. The molecular formula is C17H16N6O4S2. The zero-order valence-electron chi connectivity index (χ0n) is 14.8. The van der Waals surface area contributed by atoms with E-state index in [0.717, 1.165) is 4.68 Å². The zero-order chi connectivity index (χ0) is 21.0. The van der Waals surface area contributed by atoms with E-state index in [9.17, 15) is 18.0 Å². The first-order valence-electron chi connectivity index (χ1n) is 8.17. The molecule has 3 rings (SSSR count). The van der Waals surface area contributed by atoms with Crippen LogP contribution in [0.1, 0.15) is 0 Å². The lowest BCUT2D eigenvalue weighted by Crippen LogP contribution is -2.46. The first-order valence-corrected chi connectivity index (χ1v) is 10.1. The largest absolute Gasteiger partial charge is 0.331 e. The number of nitrogens with two attached hydrogens (primary N) is 1. The highest BCUT2D eigenvalue weighted by Gasteiger charge is 2.10. The van der Waals surface area contributed by atoms with Crippen molar-refractivity contribution >= 4 is 49.7 Å². The van der Waals surface area contributed by atoms with Crippen LogP contribution in [0.3, 0.4) is 0 Å². The standard InChI is InChI=1S/C17H16N6O4S2/c18-29(26,27)13-7-5-12(6-8-13)20-17(28)22-21-15(24)10-23-16(25)14-4-2-1-3-11(14)9-19-23/h1-9H,10H2,(H,21,24)(H2,18,26,27)(H2,20,22,28). The number of thiocarbonyl (C=S) groups is 1. The molecule has 12 heteroatoms. The maximum absolute atomic E-state index is 12.4. The molecule has 0 aliphatic carbocycles. The van der Waals surface area contributed by atoms with Gasteiger partial charge in [0, 0.05) is 11.1 Å². The molecule has 0 aliphatic heterocycles. The summed E-state index contributed by atoms with van der Waals surface area (Å²) in [5, 5.41) is 13.0. The van der Waals surface area contributed by atoms with Crippen LogP contribution in [0.25, 0.3) is 10.8 Å². The van der Waals surface area contributed by atoms with Crippen molar-refractivity contribution in [3.8, 4) is 0 Å². The number of carbonyl (C=O) groups is 1. The fourth-order valence-corrected chi connectivity index (χ4v) is 3.12. The molecule has 0 radical (unpaired) electrons. The number of amides is 1. The molecule has 150 valence electrons. The van der Waals surface area contributed by atoms with Crippen molar-refractivity contribution in [2.24, 2.45) is 5.14 Å². The number of hydrazine groups is 1. The Hall–Kier alpha value is -3.35. The molecule has 0 unspecified atom stereocenters. The average Bonchev–Trinajstić information content (AvgIpc) is 2.68. The number of carbonyl (C=O) groups excluding carboxylic acids is 1. The Morgan fingerprint density at radius 1 is 1.10 bits per heavy atom. The highest BCUT2D eigenvalue weighted by atomic mass is 32.2. The summed E-state index contributed by atoms with van der Waals surface area (Å²) in [4.78, 5) is 24.4. The number of fused-ring (bicyclic) bond motifs is 1. The van der Waals surface area contributed by atoms with Gasteiger partial charge >= 0.3 is 0 Å². The van der Waals surface area contributed by atoms with Gasteiger partial charge in [0.25, 0.3) is 11.5 Å². The van der Waals surface area contributed by atoms with Crippen molar-refractivity contribution in [3.05, 3.63) is 65.1 Å². The average molecular weight is 432 g/mol. The summed E-state index contributed by atoms with van der Waals surface area (Å²) in [5.74, 6) is -0.538. The second kappa shape index (κ2) is 8.34. The van der Waals surface area contributed by atoms with Crippen molar-refractivity contribution in [2.45, 2.75) is 11.4 Å². The lowest BCUT2D eigenvalue weighted by molar-refractivity contribution is -0.122. The Morgan fingerprint density at radius 2 is 1.79 bits per heavy atom. The summed E-state index contributed by atoms with van der Waals surface area (Å²) in [6.45, 7) is -0.303. The minimum atomic E-state index is -3.78. The van der Waals surface area contributed by atoms with Crippen LogP contribution in [-0.4, -0.2) is 29.2 Å². The molecule has 1 heterocycles. The molecule has 0 bridgehead atoms. The second-order valence-electron chi connectivity index (χ2n) is 5.89. The Balaban J connectivity index is 1.56. The summed E-state index contributed by atoms with van der Waals surface area (Å²) in [6.07, 6.45) is 1.51. The fraction of sp³-hybridized carbons (Fsp3) is 0.0588. The van der Waals surface area contributed by atoms with Crippen molar-refractivity contribution in [3.63, 3.8) is 0 Å². The predicted molar refractivity (Wildman–Crippen MR) is 111 cm³/mol. The maximum Gasteiger partial charge on any atom is 0.275 e. The van der Waals surface area contributed by atoms with E-state index < -0.39 is 15.9 Å². The molecule has 0 atom stereocenters. The highest BCUT2D eigenvalue weighted by Crippen LogP contribution is 2.12. The van der Waals surface area contributed by atoms with Crippen molar-refractivity contribution in [2.75, 3.05) is 5.32 Å². The number of hydrogen-bond acceptors (Lipinski definition) is 6. The number of sulfonamides is 1. The van der Waals surface area contributed by atoms with Gasteiger partial charge in [-0.1, -0.05) is 18.2 Å². The maximum atomic E-state index is 12.4. The van der Waals surface area contributed by atoms with Gasteiger partial charge in [-0.25, -0.2) is 18.2 Å². The highest BCUT2D eigenvalue weighted by molar-refractivity contribution is 7.89. The molecule has 2 aromatic carbocycles. The van der Waals surface area contributed by atoms with E-state index >= 15 is 0 Å². The van der Waals surface area contributed by atoms with Crippen LogP contribution >= 0.6 is 12.2 Å². The smallest absolute Gasteiger partial charge is 0.275 e. The number of primary sulfonamides is 1. The normalized spacial score (nSPS) is 11.1. The SMILES string of the molecule is NS(=O)(=O)c1ccc(NC(=S)NNC(=O)Cn2ncc3ccccc3c2=O)cc1. The lowest BCUT2D eigenvalue weighted by atomic mass is 10.2. The molecule has 0 saturated heterocycles.